The Morgan fingerprint density at radius 1 is 1.24 bits per heavy atom. The number of nitrogens with one attached hydrogen (secondary N) is 1. The maximum absolute atomic E-state index is 13.1. The molecule has 3 saturated carbocycles. The van der Waals surface area contributed by atoms with Crippen LogP contribution < -0.4 is 5.32 Å². The molecule has 8 nitrogen and oxygen atoms in total. The van der Waals surface area contributed by atoms with E-state index in [1.807, 2.05) is 37.3 Å². The number of hydrogen-bond donors (Lipinski definition) is 1. The first-order chi connectivity index (χ1) is 17.6. The standard InChI is InChI=1S/C28H38BN3O5/c1-26(2)20-15-21(26)28(4)22(16-20)36-29(37-28)23(14-19-10-7-6-8-11-19)31-25(34)35-18-27(3)12-9-13-32(27)24(33)17-30-5/h6-8,10-11,20-23H,9,12-18H2,1-4H3,(H,31,34)/t20-,21-,22+,23-,27+,28-/m0/s1. The Morgan fingerprint density at radius 2 is 2.00 bits per heavy atom. The molecule has 9 heteroatoms. The van der Waals surface area contributed by atoms with Gasteiger partial charge in [-0.05, 0) is 68.8 Å². The molecular formula is C28H38BN3O5. The smallest absolute Gasteiger partial charge is 0.447 e. The van der Waals surface area contributed by atoms with Crippen LogP contribution in [0.2, 0.25) is 0 Å². The highest BCUT2D eigenvalue weighted by Crippen LogP contribution is 2.65. The molecule has 3 aliphatic carbocycles. The second kappa shape index (κ2) is 9.63. The molecule has 2 heterocycles. The Labute approximate surface area is 220 Å². The van der Waals surface area contributed by atoms with E-state index >= 15 is 0 Å². The van der Waals surface area contributed by atoms with E-state index in [2.05, 4.69) is 30.9 Å². The molecule has 2 saturated heterocycles. The molecule has 2 amide bonds. The fraction of sp³-hybridized carbons (Fsp3) is 0.679. The number of carbonyl (C=O) groups is 2. The lowest BCUT2D eigenvalue weighted by Gasteiger charge is -2.64. The number of amides is 2. The van der Waals surface area contributed by atoms with Crippen molar-refractivity contribution in [2.24, 2.45) is 17.3 Å². The van der Waals surface area contributed by atoms with E-state index in [4.69, 9.17) is 20.6 Å². The first-order valence-electron chi connectivity index (χ1n) is 13.5. The van der Waals surface area contributed by atoms with E-state index < -0.39 is 24.7 Å². The molecule has 5 aliphatic rings. The molecule has 0 unspecified atom stereocenters. The Bertz CT molecular complexity index is 1080. The van der Waals surface area contributed by atoms with Crippen molar-refractivity contribution in [2.45, 2.75) is 83.0 Å². The topological polar surface area (TPSA) is 81.5 Å². The number of nitrogens with zero attached hydrogens (tertiary/aromatic N) is 2. The summed E-state index contributed by atoms with van der Waals surface area (Å²) >= 11 is 0. The molecule has 1 N–H and O–H groups in total. The predicted octanol–water partition coefficient (Wildman–Crippen LogP) is 3.89. The van der Waals surface area contributed by atoms with Crippen LogP contribution >= 0.6 is 0 Å². The quantitative estimate of drug-likeness (QED) is 0.448. The Morgan fingerprint density at radius 3 is 2.70 bits per heavy atom. The SMILES string of the molecule is [C-]#[N+]CC(=O)N1CCC[C@]1(C)COC(=O)N[C@@H](Cc1ccccc1)B1O[C@@H]2C[C@@H]3C[C@@H](C3(C)C)[C@]2(C)O1. The van der Waals surface area contributed by atoms with Gasteiger partial charge in [-0.2, -0.15) is 0 Å². The van der Waals surface area contributed by atoms with Gasteiger partial charge in [-0.3, -0.25) is 4.79 Å². The lowest BCUT2D eigenvalue weighted by atomic mass is 9.43. The Balaban J connectivity index is 1.27. The van der Waals surface area contributed by atoms with Crippen molar-refractivity contribution in [1.82, 2.24) is 10.2 Å². The molecule has 1 aromatic rings. The number of hydrogen-bond acceptors (Lipinski definition) is 5. The summed E-state index contributed by atoms with van der Waals surface area (Å²) < 4.78 is 18.9. The summed E-state index contributed by atoms with van der Waals surface area (Å²) in [4.78, 5) is 30.4. The number of benzene rings is 1. The van der Waals surface area contributed by atoms with Crippen LogP contribution in [0.5, 0.6) is 0 Å². The minimum atomic E-state index is -0.608. The van der Waals surface area contributed by atoms with Crippen molar-refractivity contribution in [1.29, 1.82) is 0 Å². The summed E-state index contributed by atoms with van der Waals surface area (Å²) in [5.74, 6) is 0.434. The van der Waals surface area contributed by atoms with E-state index in [1.54, 1.807) is 4.90 Å². The third-order valence-corrected chi connectivity index (χ3v) is 9.68. The average molecular weight is 507 g/mol. The minimum Gasteiger partial charge on any atom is -0.447 e. The van der Waals surface area contributed by atoms with Crippen molar-refractivity contribution in [2.75, 3.05) is 19.7 Å². The van der Waals surface area contributed by atoms with Crippen LogP contribution in [-0.2, 0) is 25.3 Å². The van der Waals surface area contributed by atoms with Gasteiger partial charge in [-0.25, -0.2) is 11.4 Å². The van der Waals surface area contributed by atoms with Gasteiger partial charge in [0.15, 0.2) is 0 Å². The molecule has 5 fully saturated rings. The lowest BCUT2D eigenvalue weighted by Crippen LogP contribution is -2.65. The fourth-order valence-corrected chi connectivity index (χ4v) is 7.32. The molecule has 2 aliphatic heterocycles. The monoisotopic (exact) mass is 507 g/mol. The van der Waals surface area contributed by atoms with Gasteiger partial charge in [-0.15, -0.1) is 0 Å². The first-order valence-corrected chi connectivity index (χ1v) is 13.5. The van der Waals surface area contributed by atoms with Gasteiger partial charge >= 0.3 is 19.1 Å². The number of rotatable bonds is 7. The molecule has 1 aromatic carbocycles. The van der Waals surface area contributed by atoms with Crippen LogP contribution in [0.15, 0.2) is 30.3 Å². The van der Waals surface area contributed by atoms with Crippen molar-refractivity contribution >= 4 is 19.1 Å². The molecule has 198 valence electrons. The molecule has 37 heavy (non-hydrogen) atoms. The van der Waals surface area contributed by atoms with Gasteiger partial charge < -0.3 is 29.1 Å². The highest BCUT2D eigenvalue weighted by Gasteiger charge is 2.68. The third-order valence-electron chi connectivity index (χ3n) is 9.68. The van der Waals surface area contributed by atoms with Gasteiger partial charge in [0.2, 0.25) is 0 Å². The molecule has 0 radical (unpaired) electrons. The Hall–Kier alpha value is -2.57. The van der Waals surface area contributed by atoms with Crippen molar-refractivity contribution in [3.05, 3.63) is 47.3 Å². The molecular weight excluding hydrogens is 469 g/mol. The average Bonchev–Trinajstić information content (AvgIpc) is 3.43. The zero-order valence-electron chi connectivity index (χ0n) is 22.4. The summed E-state index contributed by atoms with van der Waals surface area (Å²) in [6.45, 7) is 16.2. The van der Waals surface area contributed by atoms with Crippen LogP contribution in [0, 0.1) is 23.8 Å². The van der Waals surface area contributed by atoms with Gasteiger partial charge in [-0.1, -0.05) is 44.2 Å². The zero-order valence-corrected chi connectivity index (χ0v) is 22.4. The number of alkyl carbamates (subject to hydrolysis) is 1. The van der Waals surface area contributed by atoms with Gasteiger partial charge in [0, 0.05) is 6.54 Å². The highest BCUT2D eigenvalue weighted by molar-refractivity contribution is 6.47. The minimum absolute atomic E-state index is 0.0183. The largest absolute Gasteiger partial charge is 0.482 e. The van der Waals surface area contributed by atoms with E-state index in [9.17, 15) is 9.59 Å². The molecule has 2 bridgehead atoms. The summed E-state index contributed by atoms with van der Waals surface area (Å²) in [5.41, 5.74) is 0.328. The van der Waals surface area contributed by atoms with Crippen molar-refractivity contribution in [3.63, 3.8) is 0 Å². The number of carbonyl (C=O) groups excluding carboxylic acids is 2. The molecule has 6 atom stereocenters. The number of ether oxygens (including phenoxy) is 1. The van der Waals surface area contributed by atoms with Crippen molar-refractivity contribution in [3.8, 4) is 0 Å². The van der Waals surface area contributed by atoms with E-state index in [0.29, 0.717) is 24.8 Å². The van der Waals surface area contributed by atoms with Crippen LogP contribution in [0.1, 0.15) is 58.9 Å². The summed E-state index contributed by atoms with van der Waals surface area (Å²) in [5, 5.41) is 3.03. The molecule has 0 spiro atoms. The van der Waals surface area contributed by atoms with Crippen molar-refractivity contribution < 1.29 is 23.6 Å². The third kappa shape index (κ3) is 4.63. The summed E-state index contributed by atoms with van der Waals surface area (Å²) in [6.07, 6.45) is 3.71. The van der Waals surface area contributed by atoms with Gasteiger partial charge in [0.25, 0.3) is 6.54 Å². The van der Waals surface area contributed by atoms with E-state index in [1.165, 1.54) is 0 Å². The highest BCUT2D eigenvalue weighted by atomic mass is 16.7. The number of likely N-dealkylation sites (tertiary alicyclic amines) is 1. The molecule has 6 rings (SSSR count). The van der Waals surface area contributed by atoms with Crippen LogP contribution in [0.3, 0.4) is 0 Å². The summed E-state index contributed by atoms with van der Waals surface area (Å²) in [7, 11) is -0.572. The summed E-state index contributed by atoms with van der Waals surface area (Å²) in [6, 6.07) is 10.00. The van der Waals surface area contributed by atoms with E-state index in [-0.39, 0.29) is 36.2 Å². The zero-order chi connectivity index (χ0) is 26.4. The first kappa shape index (κ1) is 26.1. The van der Waals surface area contributed by atoms with Gasteiger partial charge in [0.1, 0.15) is 6.61 Å². The normalized spacial score (nSPS) is 34.2. The fourth-order valence-electron chi connectivity index (χ4n) is 7.32. The van der Waals surface area contributed by atoms with E-state index in [0.717, 1.165) is 31.2 Å². The molecule has 0 aromatic heterocycles. The second-order valence-corrected chi connectivity index (χ2v) is 12.3. The van der Waals surface area contributed by atoms with Gasteiger partial charge in [0.05, 0.1) is 23.2 Å². The van der Waals surface area contributed by atoms with Crippen LogP contribution in [-0.4, -0.2) is 66.9 Å². The van der Waals surface area contributed by atoms with Crippen LogP contribution in [0.25, 0.3) is 4.85 Å². The lowest BCUT2D eigenvalue weighted by molar-refractivity contribution is -0.199. The maximum Gasteiger partial charge on any atom is 0.482 e. The Kier molecular flexibility index (Phi) is 6.78. The maximum atomic E-state index is 13.1. The second-order valence-electron chi connectivity index (χ2n) is 12.3. The van der Waals surface area contributed by atoms with Crippen LogP contribution in [0.4, 0.5) is 4.79 Å². The predicted molar refractivity (Wildman–Crippen MR) is 139 cm³/mol.